The first-order valence-electron chi connectivity index (χ1n) is 7.52. The Morgan fingerprint density at radius 3 is 2.78 bits per heavy atom. The summed E-state index contributed by atoms with van der Waals surface area (Å²) in [5, 5.41) is 3.95. The number of hydrogen-bond acceptors (Lipinski definition) is 5. The molecule has 1 amide bonds. The van der Waals surface area contributed by atoms with E-state index in [2.05, 4.69) is 21.3 Å². The van der Waals surface area contributed by atoms with Crippen molar-refractivity contribution in [2.24, 2.45) is 0 Å². The first kappa shape index (κ1) is 16.1. The van der Waals surface area contributed by atoms with Crippen LogP contribution in [0.5, 0.6) is 0 Å². The molecule has 6 heteroatoms. The minimum Gasteiger partial charge on any atom is -0.351 e. The normalized spacial score (nSPS) is 11.3. The number of fused-ring (bicyclic) bond motifs is 1. The largest absolute Gasteiger partial charge is 0.351 e. The van der Waals surface area contributed by atoms with E-state index in [1.54, 1.807) is 11.3 Å². The van der Waals surface area contributed by atoms with Gasteiger partial charge in [-0.15, -0.1) is 22.7 Å². The maximum atomic E-state index is 12.2. The van der Waals surface area contributed by atoms with Gasteiger partial charge in [0.1, 0.15) is 5.01 Å². The van der Waals surface area contributed by atoms with Crippen LogP contribution in [0.15, 0.2) is 36.4 Å². The van der Waals surface area contributed by atoms with E-state index in [9.17, 15) is 4.79 Å². The summed E-state index contributed by atoms with van der Waals surface area (Å²) in [6.07, 6.45) is 0.953. The molecule has 0 aliphatic rings. The van der Waals surface area contributed by atoms with Crippen molar-refractivity contribution in [3.05, 3.63) is 41.3 Å². The number of rotatable bonds is 6. The molecule has 1 aromatic carbocycles. The molecule has 0 saturated carbocycles. The van der Waals surface area contributed by atoms with Crippen molar-refractivity contribution in [2.75, 3.05) is 27.2 Å². The lowest BCUT2D eigenvalue weighted by molar-refractivity contribution is 0.0956. The summed E-state index contributed by atoms with van der Waals surface area (Å²) < 4.78 is 1.17. The molecule has 23 heavy (non-hydrogen) atoms. The van der Waals surface area contributed by atoms with Crippen molar-refractivity contribution in [1.82, 2.24) is 15.2 Å². The molecule has 2 aromatic heterocycles. The molecule has 0 spiro atoms. The molecule has 2 heterocycles. The Kier molecular flexibility index (Phi) is 5.05. The standard InChI is InChI=1S/C17H19N3OS2/c1-20(2)11-5-10-18-16(21)14-8-9-15(22-14)17-19-12-6-3-4-7-13(12)23-17/h3-4,6-9H,5,10-11H2,1-2H3,(H,18,21). The van der Waals surface area contributed by atoms with Crippen LogP contribution in [0.25, 0.3) is 20.1 Å². The van der Waals surface area contributed by atoms with Crippen LogP contribution in [-0.2, 0) is 0 Å². The van der Waals surface area contributed by atoms with Crippen LogP contribution in [0.2, 0.25) is 0 Å². The first-order valence-corrected chi connectivity index (χ1v) is 9.15. The van der Waals surface area contributed by atoms with Gasteiger partial charge in [0, 0.05) is 6.54 Å². The van der Waals surface area contributed by atoms with Gasteiger partial charge in [-0.25, -0.2) is 4.98 Å². The van der Waals surface area contributed by atoms with Gasteiger partial charge in [-0.05, 0) is 51.3 Å². The van der Waals surface area contributed by atoms with E-state index in [1.165, 1.54) is 16.0 Å². The molecule has 0 aliphatic carbocycles. The number of aromatic nitrogens is 1. The predicted molar refractivity (Wildman–Crippen MR) is 98.4 cm³/mol. The molecule has 0 atom stereocenters. The topological polar surface area (TPSA) is 45.2 Å². The van der Waals surface area contributed by atoms with Crippen molar-refractivity contribution >= 4 is 38.8 Å². The molecule has 3 rings (SSSR count). The molecular weight excluding hydrogens is 326 g/mol. The molecule has 0 radical (unpaired) electrons. The quantitative estimate of drug-likeness (QED) is 0.693. The van der Waals surface area contributed by atoms with E-state index in [-0.39, 0.29) is 5.91 Å². The smallest absolute Gasteiger partial charge is 0.261 e. The summed E-state index contributed by atoms with van der Waals surface area (Å²) in [5.74, 6) is 0.00103. The van der Waals surface area contributed by atoms with Crippen LogP contribution in [0.3, 0.4) is 0 Å². The van der Waals surface area contributed by atoms with Crippen molar-refractivity contribution in [2.45, 2.75) is 6.42 Å². The van der Waals surface area contributed by atoms with Crippen molar-refractivity contribution < 1.29 is 4.79 Å². The lowest BCUT2D eigenvalue weighted by Gasteiger charge is -2.09. The fourth-order valence-corrected chi connectivity index (χ4v) is 4.18. The van der Waals surface area contributed by atoms with Crippen LogP contribution in [0, 0.1) is 0 Å². The van der Waals surface area contributed by atoms with Gasteiger partial charge in [-0.2, -0.15) is 0 Å². The number of nitrogens with one attached hydrogen (secondary N) is 1. The summed E-state index contributed by atoms with van der Waals surface area (Å²) in [6, 6.07) is 12.0. The van der Waals surface area contributed by atoms with Gasteiger partial charge in [0.2, 0.25) is 0 Å². The average Bonchev–Trinajstić information content (AvgIpc) is 3.17. The summed E-state index contributed by atoms with van der Waals surface area (Å²) in [4.78, 5) is 20.7. The molecule has 0 aliphatic heterocycles. The first-order chi connectivity index (χ1) is 11.1. The minimum atomic E-state index is 0.00103. The minimum absolute atomic E-state index is 0.00103. The van der Waals surface area contributed by atoms with Crippen molar-refractivity contribution in [3.63, 3.8) is 0 Å². The lowest BCUT2D eigenvalue weighted by atomic mass is 10.3. The summed E-state index contributed by atoms with van der Waals surface area (Å²) in [5.41, 5.74) is 1.01. The maximum Gasteiger partial charge on any atom is 0.261 e. The van der Waals surface area contributed by atoms with Gasteiger partial charge in [-0.3, -0.25) is 4.79 Å². The Morgan fingerprint density at radius 1 is 1.17 bits per heavy atom. The van der Waals surface area contributed by atoms with Gasteiger partial charge in [-0.1, -0.05) is 12.1 Å². The molecule has 1 N–H and O–H groups in total. The summed E-state index contributed by atoms with van der Waals surface area (Å²) in [6.45, 7) is 1.67. The highest BCUT2D eigenvalue weighted by molar-refractivity contribution is 7.26. The number of thiazole rings is 1. The zero-order valence-electron chi connectivity index (χ0n) is 13.2. The van der Waals surface area contributed by atoms with E-state index >= 15 is 0 Å². The fraction of sp³-hybridized carbons (Fsp3) is 0.294. The third-order valence-electron chi connectivity index (χ3n) is 3.40. The molecule has 4 nitrogen and oxygen atoms in total. The fourth-order valence-electron chi connectivity index (χ4n) is 2.24. The van der Waals surface area contributed by atoms with Crippen LogP contribution in [0.1, 0.15) is 16.1 Å². The van der Waals surface area contributed by atoms with Crippen LogP contribution in [-0.4, -0.2) is 43.0 Å². The number of hydrogen-bond donors (Lipinski definition) is 1. The Hall–Kier alpha value is -1.76. The van der Waals surface area contributed by atoms with Gasteiger partial charge in [0.15, 0.2) is 0 Å². The van der Waals surface area contributed by atoms with Crippen LogP contribution < -0.4 is 5.32 Å². The predicted octanol–water partition coefficient (Wildman–Crippen LogP) is 3.71. The number of thiophene rings is 1. The monoisotopic (exact) mass is 345 g/mol. The molecule has 0 unspecified atom stereocenters. The second-order valence-electron chi connectivity index (χ2n) is 5.56. The van der Waals surface area contributed by atoms with E-state index in [0.717, 1.165) is 33.2 Å². The second kappa shape index (κ2) is 7.21. The third-order valence-corrected chi connectivity index (χ3v) is 5.69. The van der Waals surface area contributed by atoms with Gasteiger partial charge in [0.05, 0.1) is 20.0 Å². The van der Waals surface area contributed by atoms with Crippen molar-refractivity contribution in [1.29, 1.82) is 0 Å². The zero-order valence-corrected chi connectivity index (χ0v) is 14.8. The van der Waals surface area contributed by atoms with E-state index < -0.39 is 0 Å². The summed E-state index contributed by atoms with van der Waals surface area (Å²) in [7, 11) is 4.07. The highest BCUT2D eigenvalue weighted by atomic mass is 32.1. The third kappa shape index (κ3) is 3.96. The summed E-state index contributed by atoms with van der Waals surface area (Å²) >= 11 is 3.16. The molecule has 0 bridgehead atoms. The Bertz CT molecular complexity index is 774. The molecule has 0 saturated heterocycles. The van der Waals surface area contributed by atoms with Crippen LogP contribution >= 0.6 is 22.7 Å². The highest BCUT2D eigenvalue weighted by Crippen LogP contribution is 2.34. The van der Waals surface area contributed by atoms with Crippen molar-refractivity contribution in [3.8, 4) is 9.88 Å². The maximum absolute atomic E-state index is 12.2. The number of amides is 1. The number of carbonyl (C=O) groups is 1. The SMILES string of the molecule is CN(C)CCCNC(=O)c1ccc(-c2nc3ccccc3s2)s1. The Balaban J connectivity index is 1.66. The molecule has 0 fully saturated rings. The van der Waals surface area contributed by atoms with Gasteiger partial charge < -0.3 is 10.2 Å². The number of para-hydroxylation sites is 1. The van der Waals surface area contributed by atoms with E-state index in [4.69, 9.17) is 0 Å². The highest BCUT2D eigenvalue weighted by Gasteiger charge is 2.12. The average molecular weight is 345 g/mol. The number of carbonyl (C=O) groups excluding carboxylic acids is 1. The van der Waals surface area contributed by atoms with Crippen LogP contribution in [0.4, 0.5) is 0 Å². The van der Waals surface area contributed by atoms with Gasteiger partial charge >= 0.3 is 0 Å². The number of nitrogens with zero attached hydrogens (tertiary/aromatic N) is 2. The van der Waals surface area contributed by atoms with E-state index in [1.807, 2.05) is 44.4 Å². The molecular formula is C17H19N3OS2. The Morgan fingerprint density at radius 2 is 2.00 bits per heavy atom. The van der Waals surface area contributed by atoms with E-state index in [0.29, 0.717) is 6.54 Å². The lowest BCUT2D eigenvalue weighted by Crippen LogP contribution is -2.26. The molecule has 120 valence electrons. The zero-order chi connectivity index (χ0) is 16.2. The Labute approximate surface area is 143 Å². The molecule has 3 aromatic rings. The van der Waals surface area contributed by atoms with Gasteiger partial charge in [0.25, 0.3) is 5.91 Å². The number of benzene rings is 1. The second-order valence-corrected chi connectivity index (χ2v) is 7.68.